The number of anilines is 2. The third kappa shape index (κ3) is 2.74. The maximum atomic E-state index is 4.58. The van der Waals surface area contributed by atoms with Gasteiger partial charge in [-0.25, -0.2) is 4.98 Å². The number of hydrogen-bond donors (Lipinski definition) is 2. The van der Waals surface area contributed by atoms with Crippen molar-refractivity contribution in [3.8, 4) is 0 Å². The minimum Gasteiger partial charge on any atom is -0.370 e. The van der Waals surface area contributed by atoms with Gasteiger partial charge in [-0.3, -0.25) is 5.10 Å². The molecule has 3 rings (SSSR count). The molecule has 0 spiro atoms. The van der Waals surface area contributed by atoms with E-state index in [9.17, 15) is 0 Å². The highest BCUT2D eigenvalue weighted by atomic mass is 15.3. The summed E-state index contributed by atoms with van der Waals surface area (Å²) < 4.78 is 0. The molecule has 1 saturated heterocycles. The molecule has 2 aromatic heterocycles. The largest absolute Gasteiger partial charge is 0.370 e. The number of H-pyrrole nitrogens is 1. The summed E-state index contributed by atoms with van der Waals surface area (Å²) in [6, 6.07) is 3.97. The molecule has 20 heavy (non-hydrogen) atoms. The van der Waals surface area contributed by atoms with E-state index >= 15 is 0 Å². The van der Waals surface area contributed by atoms with Gasteiger partial charge in [0.15, 0.2) is 0 Å². The van der Waals surface area contributed by atoms with Crippen LogP contribution in [-0.4, -0.2) is 39.8 Å². The SMILES string of the molecule is CCNc1ccnc(N2CCCC(c3ccn[nH]3)C2)n1. The Balaban J connectivity index is 1.74. The van der Waals surface area contributed by atoms with Crippen LogP contribution >= 0.6 is 0 Å². The first kappa shape index (κ1) is 12.9. The summed E-state index contributed by atoms with van der Waals surface area (Å²) in [6.45, 7) is 4.89. The van der Waals surface area contributed by atoms with Gasteiger partial charge in [0, 0.05) is 43.6 Å². The normalized spacial score (nSPS) is 19.1. The van der Waals surface area contributed by atoms with Crippen molar-refractivity contribution in [1.29, 1.82) is 0 Å². The standard InChI is InChI=1S/C14H20N6/c1-2-15-13-6-7-16-14(18-13)20-9-3-4-11(10-20)12-5-8-17-19-12/h5-8,11H,2-4,9-10H2,1H3,(H,17,19)(H,15,16,18). The van der Waals surface area contributed by atoms with E-state index in [1.54, 1.807) is 0 Å². The molecule has 1 unspecified atom stereocenters. The molecule has 1 fully saturated rings. The van der Waals surface area contributed by atoms with E-state index in [-0.39, 0.29) is 0 Å². The summed E-state index contributed by atoms with van der Waals surface area (Å²) in [7, 11) is 0. The fraction of sp³-hybridized carbons (Fsp3) is 0.500. The fourth-order valence-corrected chi connectivity index (χ4v) is 2.69. The van der Waals surface area contributed by atoms with Crippen LogP contribution in [0.4, 0.5) is 11.8 Å². The summed E-state index contributed by atoms with van der Waals surface area (Å²) >= 11 is 0. The Bertz CT molecular complexity index is 538. The van der Waals surface area contributed by atoms with Crippen LogP contribution in [0.5, 0.6) is 0 Å². The first-order valence-electron chi connectivity index (χ1n) is 7.18. The molecule has 0 amide bonds. The predicted molar refractivity (Wildman–Crippen MR) is 79.0 cm³/mol. The van der Waals surface area contributed by atoms with Crippen LogP contribution < -0.4 is 10.2 Å². The van der Waals surface area contributed by atoms with Crippen molar-refractivity contribution in [2.24, 2.45) is 0 Å². The number of hydrogen-bond acceptors (Lipinski definition) is 5. The van der Waals surface area contributed by atoms with E-state index in [1.165, 1.54) is 12.1 Å². The molecule has 1 aliphatic rings. The Morgan fingerprint density at radius 3 is 3.15 bits per heavy atom. The predicted octanol–water partition coefficient (Wildman–Crippen LogP) is 2.02. The Morgan fingerprint density at radius 1 is 1.40 bits per heavy atom. The van der Waals surface area contributed by atoms with Gasteiger partial charge in [0.25, 0.3) is 0 Å². The molecular formula is C14H20N6. The van der Waals surface area contributed by atoms with Gasteiger partial charge in [0.1, 0.15) is 5.82 Å². The summed E-state index contributed by atoms with van der Waals surface area (Å²) in [5.74, 6) is 2.19. The molecule has 1 aliphatic heterocycles. The first-order valence-corrected chi connectivity index (χ1v) is 7.18. The summed E-state index contributed by atoms with van der Waals surface area (Å²) in [5.41, 5.74) is 1.21. The third-order valence-electron chi connectivity index (χ3n) is 3.67. The van der Waals surface area contributed by atoms with E-state index < -0.39 is 0 Å². The summed E-state index contributed by atoms with van der Waals surface area (Å²) in [4.78, 5) is 11.2. The van der Waals surface area contributed by atoms with E-state index in [0.717, 1.165) is 37.8 Å². The molecule has 3 heterocycles. The maximum Gasteiger partial charge on any atom is 0.227 e. The lowest BCUT2D eigenvalue weighted by Gasteiger charge is -2.32. The van der Waals surface area contributed by atoms with Crippen LogP contribution in [0.25, 0.3) is 0 Å². The molecule has 0 aromatic carbocycles. The maximum absolute atomic E-state index is 4.58. The van der Waals surface area contributed by atoms with Crippen molar-refractivity contribution in [2.45, 2.75) is 25.7 Å². The second kappa shape index (κ2) is 5.90. The average Bonchev–Trinajstić information content (AvgIpc) is 3.02. The number of piperidine rings is 1. The Kier molecular flexibility index (Phi) is 3.80. The lowest BCUT2D eigenvalue weighted by atomic mass is 9.95. The van der Waals surface area contributed by atoms with Crippen LogP contribution in [0.3, 0.4) is 0 Å². The number of aromatic amines is 1. The average molecular weight is 272 g/mol. The van der Waals surface area contributed by atoms with Gasteiger partial charge in [-0.15, -0.1) is 0 Å². The highest BCUT2D eigenvalue weighted by Crippen LogP contribution is 2.27. The molecule has 2 N–H and O–H groups in total. The molecule has 1 atom stereocenters. The van der Waals surface area contributed by atoms with Crippen LogP contribution in [0.15, 0.2) is 24.5 Å². The first-order chi connectivity index (χ1) is 9.86. The van der Waals surface area contributed by atoms with Crippen molar-refractivity contribution in [1.82, 2.24) is 20.2 Å². The lowest BCUT2D eigenvalue weighted by Crippen LogP contribution is -2.35. The molecule has 0 saturated carbocycles. The zero-order valence-corrected chi connectivity index (χ0v) is 11.7. The second-order valence-corrected chi connectivity index (χ2v) is 5.07. The number of nitrogens with zero attached hydrogens (tertiary/aromatic N) is 4. The summed E-state index contributed by atoms with van der Waals surface area (Å²) in [6.07, 6.45) is 5.97. The van der Waals surface area contributed by atoms with Crippen molar-refractivity contribution < 1.29 is 0 Å². The smallest absolute Gasteiger partial charge is 0.227 e. The zero-order valence-electron chi connectivity index (χ0n) is 11.7. The van der Waals surface area contributed by atoms with Gasteiger partial charge >= 0.3 is 0 Å². The zero-order chi connectivity index (χ0) is 13.8. The van der Waals surface area contributed by atoms with Crippen molar-refractivity contribution in [2.75, 3.05) is 29.9 Å². The Hall–Kier alpha value is -2.11. The van der Waals surface area contributed by atoms with E-state index in [0.29, 0.717) is 5.92 Å². The van der Waals surface area contributed by atoms with Crippen LogP contribution in [0.2, 0.25) is 0 Å². The molecule has 6 heteroatoms. The second-order valence-electron chi connectivity index (χ2n) is 5.07. The van der Waals surface area contributed by atoms with Crippen LogP contribution in [0.1, 0.15) is 31.4 Å². The van der Waals surface area contributed by atoms with Crippen molar-refractivity contribution in [3.63, 3.8) is 0 Å². The third-order valence-corrected chi connectivity index (χ3v) is 3.67. The number of aromatic nitrogens is 4. The topological polar surface area (TPSA) is 69.7 Å². The van der Waals surface area contributed by atoms with E-state index in [2.05, 4.69) is 43.4 Å². The quantitative estimate of drug-likeness (QED) is 0.891. The number of nitrogens with one attached hydrogen (secondary N) is 2. The van der Waals surface area contributed by atoms with Gasteiger partial charge in [-0.2, -0.15) is 10.1 Å². The van der Waals surface area contributed by atoms with Gasteiger partial charge < -0.3 is 10.2 Å². The Labute approximate surface area is 118 Å². The summed E-state index contributed by atoms with van der Waals surface area (Å²) in [5, 5.41) is 10.4. The van der Waals surface area contributed by atoms with Gasteiger partial charge in [0.05, 0.1) is 0 Å². The van der Waals surface area contributed by atoms with Crippen molar-refractivity contribution in [3.05, 3.63) is 30.2 Å². The highest BCUT2D eigenvalue weighted by molar-refractivity contribution is 5.41. The van der Waals surface area contributed by atoms with Crippen LogP contribution in [0, 0.1) is 0 Å². The molecule has 0 radical (unpaired) electrons. The lowest BCUT2D eigenvalue weighted by molar-refractivity contribution is 0.495. The van der Waals surface area contributed by atoms with Crippen LogP contribution in [-0.2, 0) is 0 Å². The Morgan fingerprint density at radius 2 is 2.35 bits per heavy atom. The molecule has 6 nitrogen and oxygen atoms in total. The van der Waals surface area contributed by atoms with Gasteiger partial charge in [-0.1, -0.05) is 0 Å². The molecule has 0 bridgehead atoms. The van der Waals surface area contributed by atoms with Gasteiger partial charge in [0.2, 0.25) is 5.95 Å². The monoisotopic (exact) mass is 272 g/mol. The molecular weight excluding hydrogens is 252 g/mol. The molecule has 106 valence electrons. The molecule has 2 aromatic rings. The minimum atomic E-state index is 0.484. The fourth-order valence-electron chi connectivity index (χ4n) is 2.69. The van der Waals surface area contributed by atoms with Gasteiger partial charge in [-0.05, 0) is 31.9 Å². The van der Waals surface area contributed by atoms with E-state index in [4.69, 9.17) is 0 Å². The van der Waals surface area contributed by atoms with E-state index in [1.807, 2.05) is 18.5 Å². The molecule has 0 aliphatic carbocycles. The van der Waals surface area contributed by atoms with Crippen molar-refractivity contribution >= 4 is 11.8 Å². The minimum absolute atomic E-state index is 0.484. The number of rotatable bonds is 4. The highest BCUT2D eigenvalue weighted by Gasteiger charge is 2.23.